The highest BCUT2D eigenvalue weighted by molar-refractivity contribution is 5.33. The third kappa shape index (κ3) is 3.82. The summed E-state index contributed by atoms with van der Waals surface area (Å²) in [6.45, 7) is 5.32. The molecule has 0 saturated carbocycles. The molecule has 4 aliphatic rings. The van der Waals surface area contributed by atoms with Crippen LogP contribution in [0, 0.1) is 17.6 Å². The molecule has 168 valence electrons. The van der Waals surface area contributed by atoms with E-state index < -0.39 is 23.8 Å². The van der Waals surface area contributed by atoms with Crippen molar-refractivity contribution >= 4 is 0 Å². The molecular weight excluding hydrogens is 400 g/mol. The number of nitrogens with two attached hydrogens (primary N) is 1. The molecule has 5 atom stereocenters. The Morgan fingerprint density at radius 3 is 2.87 bits per heavy atom. The Kier molecular flexibility index (Phi) is 5.63. The molecule has 4 heterocycles. The highest BCUT2D eigenvalue weighted by atomic mass is 19.1. The Balaban J connectivity index is 1.30. The lowest BCUT2D eigenvalue weighted by molar-refractivity contribution is -0.0472. The van der Waals surface area contributed by atoms with Crippen molar-refractivity contribution in [3.05, 3.63) is 58.4 Å². The molecule has 4 aliphatic heterocycles. The lowest BCUT2D eigenvalue weighted by Gasteiger charge is -2.40. The molecule has 2 fully saturated rings. The quantitative estimate of drug-likeness (QED) is 0.754. The van der Waals surface area contributed by atoms with Gasteiger partial charge in [0, 0.05) is 48.7 Å². The number of hydrogen-bond donors (Lipinski definition) is 2. The summed E-state index contributed by atoms with van der Waals surface area (Å²) in [7, 11) is 0. The Hall–Kier alpha value is -1.80. The van der Waals surface area contributed by atoms with Gasteiger partial charge >= 0.3 is 0 Å². The second-order valence-electron chi connectivity index (χ2n) is 9.43. The average Bonchev–Trinajstić information content (AvgIpc) is 3.14. The lowest BCUT2D eigenvalue weighted by Crippen LogP contribution is -2.49. The van der Waals surface area contributed by atoms with Crippen LogP contribution in [0.25, 0.3) is 0 Å². The Labute approximate surface area is 182 Å². The lowest BCUT2D eigenvalue weighted by atomic mass is 9.93. The minimum absolute atomic E-state index is 0.129. The van der Waals surface area contributed by atoms with Crippen molar-refractivity contribution in [1.82, 2.24) is 9.80 Å². The number of nitrogens with zero attached hydrogens (tertiary/aromatic N) is 2. The molecule has 2 saturated heterocycles. The molecule has 7 heteroatoms. The maximum Gasteiger partial charge on any atom is 0.129 e. The molecule has 3 N–H and O–H groups in total. The number of piperidine rings is 1. The summed E-state index contributed by atoms with van der Waals surface area (Å²) in [6.07, 6.45) is 4.63. The molecule has 5 nitrogen and oxygen atoms in total. The van der Waals surface area contributed by atoms with Gasteiger partial charge in [0.1, 0.15) is 17.7 Å². The van der Waals surface area contributed by atoms with Crippen LogP contribution in [-0.2, 0) is 4.74 Å². The summed E-state index contributed by atoms with van der Waals surface area (Å²) in [5, 5.41) is 10.5. The first-order chi connectivity index (χ1) is 14.9. The zero-order valence-electron chi connectivity index (χ0n) is 17.9. The van der Waals surface area contributed by atoms with Crippen molar-refractivity contribution in [2.75, 3.05) is 26.2 Å². The maximum absolute atomic E-state index is 14.2. The molecule has 0 radical (unpaired) electrons. The van der Waals surface area contributed by atoms with E-state index in [4.69, 9.17) is 10.5 Å². The molecule has 0 spiro atoms. The average molecular weight is 432 g/mol. The summed E-state index contributed by atoms with van der Waals surface area (Å²) >= 11 is 0. The zero-order valence-corrected chi connectivity index (χ0v) is 17.9. The van der Waals surface area contributed by atoms with Crippen LogP contribution >= 0.6 is 0 Å². The first kappa shape index (κ1) is 21.1. The predicted octanol–water partition coefficient (Wildman–Crippen LogP) is 3.07. The summed E-state index contributed by atoms with van der Waals surface area (Å²) in [6, 6.07) is 3.16. The third-order valence-corrected chi connectivity index (χ3v) is 7.39. The number of halogens is 2. The number of allylic oxidation sites excluding steroid dienone is 1. The van der Waals surface area contributed by atoms with Crippen molar-refractivity contribution in [2.24, 2.45) is 11.7 Å². The van der Waals surface area contributed by atoms with E-state index in [9.17, 15) is 13.9 Å². The van der Waals surface area contributed by atoms with Gasteiger partial charge in [0.05, 0.1) is 12.7 Å². The highest BCUT2D eigenvalue weighted by Crippen LogP contribution is 2.40. The van der Waals surface area contributed by atoms with Crippen LogP contribution in [-0.4, -0.2) is 59.3 Å². The van der Waals surface area contributed by atoms with Crippen molar-refractivity contribution in [1.29, 1.82) is 0 Å². The van der Waals surface area contributed by atoms with E-state index in [0.717, 1.165) is 56.7 Å². The number of benzene rings is 1. The van der Waals surface area contributed by atoms with Gasteiger partial charge in [0.25, 0.3) is 0 Å². The van der Waals surface area contributed by atoms with Gasteiger partial charge in [-0.1, -0.05) is 13.0 Å². The van der Waals surface area contributed by atoms with Gasteiger partial charge in [-0.25, -0.2) is 8.78 Å². The molecule has 0 aliphatic carbocycles. The van der Waals surface area contributed by atoms with E-state index in [-0.39, 0.29) is 17.7 Å². The van der Waals surface area contributed by atoms with Crippen LogP contribution in [0.2, 0.25) is 0 Å². The number of rotatable bonds is 2. The standard InChI is InChI=1S/C24H31F2N3O2/c1-14-4-7-21-23(30)3-2-8-29(21)22-12-28(11-18(14)22)16-10-20(27)24(31-13-16)17-9-15(25)5-6-19(17)26/h5-7,9,14,16,20,23-24,30H,2-4,8,10-13,27H2,1H3/t14?,16-,20+,23?,24-/m1/s1. The number of ether oxygens (including phenoxy) is 1. The Morgan fingerprint density at radius 2 is 2.06 bits per heavy atom. The van der Waals surface area contributed by atoms with Gasteiger partial charge in [-0.3, -0.25) is 4.90 Å². The fourth-order valence-corrected chi connectivity index (χ4v) is 5.65. The molecule has 1 aromatic carbocycles. The Morgan fingerprint density at radius 1 is 1.23 bits per heavy atom. The monoisotopic (exact) mass is 431 g/mol. The van der Waals surface area contributed by atoms with Crippen molar-refractivity contribution in [2.45, 2.75) is 56.9 Å². The van der Waals surface area contributed by atoms with Gasteiger partial charge < -0.3 is 20.5 Å². The van der Waals surface area contributed by atoms with Gasteiger partial charge in [-0.15, -0.1) is 0 Å². The second kappa shape index (κ2) is 8.28. The van der Waals surface area contributed by atoms with E-state index in [1.807, 2.05) is 0 Å². The molecule has 0 bridgehead atoms. The largest absolute Gasteiger partial charge is 0.387 e. The molecule has 0 aromatic heterocycles. The van der Waals surface area contributed by atoms with Crippen molar-refractivity contribution in [3.8, 4) is 0 Å². The summed E-state index contributed by atoms with van der Waals surface area (Å²) in [5.41, 5.74) is 10.4. The van der Waals surface area contributed by atoms with Crippen molar-refractivity contribution in [3.63, 3.8) is 0 Å². The predicted molar refractivity (Wildman–Crippen MR) is 114 cm³/mol. The van der Waals surface area contributed by atoms with Gasteiger partial charge in [-0.05, 0) is 55.4 Å². The molecule has 2 unspecified atom stereocenters. The topological polar surface area (TPSA) is 62.0 Å². The van der Waals surface area contributed by atoms with Gasteiger partial charge in [0.2, 0.25) is 0 Å². The van der Waals surface area contributed by atoms with Crippen LogP contribution in [0.5, 0.6) is 0 Å². The first-order valence-electron chi connectivity index (χ1n) is 11.4. The maximum atomic E-state index is 14.2. The number of hydrogen-bond acceptors (Lipinski definition) is 5. The van der Waals surface area contributed by atoms with Crippen molar-refractivity contribution < 1.29 is 18.6 Å². The van der Waals surface area contributed by atoms with Crippen LogP contribution in [0.4, 0.5) is 8.78 Å². The number of aliphatic hydroxyl groups is 1. The minimum Gasteiger partial charge on any atom is -0.387 e. The second-order valence-corrected chi connectivity index (χ2v) is 9.43. The van der Waals surface area contributed by atoms with Crippen LogP contribution < -0.4 is 5.73 Å². The SMILES string of the molecule is CC1CC=C2C(O)CCCN2C2=C1CN([C@H]1CO[C@H](c3cc(F)ccc3F)[C@@H](N)C1)C2. The molecular formula is C24H31F2N3O2. The minimum atomic E-state index is -0.633. The first-order valence-corrected chi connectivity index (χ1v) is 11.4. The van der Waals surface area contributed by atoms with Crippen LogP contribution in [0.1, 0.15) is 44.3 Å². The smallest absolute Gasteiger partial charge is 0.129 e. The zero-order chi connectivity index (χ0) is 21.7. The van der Waals surface area contributed by atoms with E-state index in [1.165, 1.54) is 17.3 Å². The number of aliphatic hydroxyl groups excluding tert-OH is 1. The third-order valence-electron chi connectivity index (χ3n) is 7.39. The fraction of sp³-hybridized carbons (Fsp3) is 0.583. The molecule has 5 rings (SSSR count). The summed E-state index contributed by atoms with van der Waals surface area (Å²) in [5.74, 6) is -0.535. The number of fused-ring (bicyclic) bond motifs is 2. The van der Waals surface area contributed by atoms with Gasteiger partial charge in [0.15, 0.2) is 0 Å². The normalized spacial score (nSPS) is 34.3. The van der Waals surface area contributed by atoms with E-state index >= 15 is 0 Å². The van der Waals surface area contributed by atoms with Crippen LogP contribution in [0.15, 0.2) is 41.2 Å². The molecule has 31 heavy (non-hydrogen) atoms. The fourth-order valence-electron chi connectivity index (χ4n) is 5.65. The van der Waals surface area contributed by atoms with E-state index in [2.05, 4.69) is 22.8 Å². The van der Waals surface area contributed by atoms with E-state index in [0.29, 0.717) is 18.9 Å². The highest BCUT2D eigenvalue weighted by Gasteiger charge is 2.40. The summed E-state index contributed by atoms with van der Waals surface area (Å²) in [4.78, 5) is 4.74. The van der Waals surface area contributed by atoms with Crippen LogP contribution in [0.3, 0.4) is 0 Å². The molecule has 1 aromatic rings. The summed E-state index contributed by atoms with van der Waals surface area (Å²) < 4.78 is 33.9. The van der Waals surface area contributed by atoms with Gasteiger partial charge in [-0.2, -0.15) is 0 Å². The molecule has 0 amide bonds. The Bertz CT molecular complexity index is 918. The van der Waals surface area contributed by atoms with E-state index in [1.54, 1.807) is 0 Å².